The molecule has 0 aliphatic heterocycles. The number of ether oxygens (including phenoxy) is 2. The van der Waals surface area contributed by atoms with E-state index in [1.54, 1.807) is 14.2 Å². The van der Waals surface area contributed by atoms with Crippen LogP contribution in [0.1, 0.15) is 32.6 Å². The predicted octanol–water partition coefficient (Wildman–Crippen LogP) is 0.463. The average Bonchev–Trinajstić information content (AvgIpc) is 2.83. The summed E-state index contributed by atoms with van der Waals surface area (Å²) in [5.41, 5.74) is 5.67. The van der Waals surface area contributed by atoms with Crippen molar-refractivity contribution < 1.29 is 14.6 Å². The van der Waals surface area contributed by atoms with Crippen LogP contribution in [0, 0.1) is 5.92 Å². The summed E-state index contributed by atoms with van der Waals surface area (Å²) in [6.45, 7) is 2.85. The highest BCUT2D eigenvalue weighted by atomic mass is 16.7. The molecule has 0 aromatic rings. The van der Waals surface area contributed by atoms with E-state index in [0.717, 1.165) is 12.8 Å². The normalized spacial score (nSPS) is 27.7. The lowest BCUT2D eigenvalue weighted by molar-refractivity contribution is -0.118. The molecule has 4 N–H and O–H groups in total. The molecule has 18 heavy (non-hydrogen) atoms. The van der Waals surface area contributed by atoms with Gasteiger partial charge in [-0.05, 0) is 25.7 Å². The summed E-state index contributed by atoms with van der Waals surface area (Å²) >= 11 is 0. The molecule has 0 saturated heterocycles. The van der Waals surface area contributed by atoms with Gasteiger partial charge in [0.1, 0.15) is 0 Å². The van der Waals surface area contributed by atoms with Gasteiger partial charge in [0.15, 0.2) is 6.29 Å². The maximum atomic E-state index is 9.36. The lowest BCUT2D eigenvalue weighted by Crippen LogP contribution is -2.56. The second-order valence-electron chi connectivity index (χ2n) is 5.49. The zero-order valence-corrected chi connectivity index (χ0v) is 11.8. The van der Waals surface area contributed by atoms with Gasteiger partial charge in [0, 0.05) is 45.4 Å². The van der Waals surface area contributed by atoms with Crippen molar-refractivity contribution in [2.24, 2.45) is 11.7 Å². The molecule has 1 fully saturated rings. The minimum absolute atomic E-state index is 0.223. The molecule has 0 bridgehead atoms. The van der Waals surface area contributed by atoms with Crippen LogP contribution in [0.3, 0.4) is 0 Å². The quantitative estimate of drug-likeness (QED) is 0.553. The Morgan fingerprint density at radius 1 is 1.39 bits per heavy atom. The molecule has 3 atom stereocenters. The maximum absolute atomic E-state index is 9.36. The number of nitrogens with one attached hydrogen (secondary N) is 1. The summed E-state index contributed by atoms with van der Waals surface area (Å²) in [6.07, 6.45) is 3.81. The van der Waals surface area contributed by atoms with Crippen LogP contribution in [0.2, 0.25) is 0 Å². The second-order valence-corrected chi connectivity index (χ2v) is 5.49. The van der Waals surface area contributed by atoms with Gasteiger partial charge >= 0.3 is 0 Å². The largest absolute Gasteiger partial charge is 0.396 e. The van der Waals surface area contributed by atoms with E-state index in [0.29, 0.717) is 24.9 Å². The van der Waals surface area contributed by atoms with Crippen LogP contribution < -0.4 is 11.1 Å². The van der Waals surface area contributed by atoms with Crippen LogP contribution >= 0.6 is 0 Å². The molecule has 1 aliphatic carbocycles. The maximum Gasteiger partial charge on any atom is 0.158 e. The van der Waals surface area contributed by atoms with Crippen molar-refractivity contribution in [3.8, 4) is 0 Å². The Balaban J connectivity index is 2.58. The molecule has 3 unspecified atom stereocenters. The minimum Gasteiger partial charge on any atom is -0.396 e. The number of hydrogen-bond donors (Lipinski definition) is 3. The van der Waals surface area contributed by atoms with Gasteiger partial charge in [-0.25, -0.2) is 0 Å². The summed E-state index contributed by atoms with van der Waals surface area (Å²) in [7, 11) is 3.27. The van der Waals surface area contributed by atoms with Crippen LogP contribution in [0.5, 0.6) is 0 Å². The fraction of sp³-hybridized carbons (Fsp3) is 1.00. The van der Waals surface area contributed by atoms with Gasteiger partial charge in [0.25, 0.3) is 0 Å². The molecule has 1 rings (SSSR count). The number of rotatable bonds is 8. The molecule has 0 radical (unpaired) electrons. The van der Waals surface area contributed by atoms with Crippen LogP contribution in [-0.2, 0) is 9.47 Å². The fourth-order valence-corrected chi connectivity index (χ4v) is 2.72. The number of nitrogens with two attached hydrogens (primary N) is 1. The highest BCUT2D eigenvalue weighted by Crippen LogP contribution is 2.28. The third-order valence-corrected chi connectivity index (χ3v) is 4.02. The van der Waals surface area contributed by atoms with E-state index in [2.05, 4.69) is 12.2 Å². The smallest absolute Gasteiger partial charge is 0.158 e. The molecule has 0 heterocycles. The standard InChI is InChI=1S/C13H28N2O3/c1-13(9-14,7-12(17-2)18-3)15-11-6-4-5-10(11)8-16/h10-12,15-16H,4-9,14H2,1-3H3. The van der Waals surface area contributed by atoms with Crippen molar-refractivity contribution in [3.05, 3.63) is 0 Å². The lowest BCUT2D eigenvalue weighted by atomic mass is 9.93. The van der Waals surface area contributed by atoms with Gasteiger partial charge in [0.2, 0.25) is 0 Å². The Hall–Kier alpha value is -0.200. The fourth-order valence-electron chi connectivity index (χ4n) is 2.72. The SMILES string of the molecule is COC(CC(C)(CN)NC1CCCC1CO)OC. The predicted molar refractivity (Wildman–Crippen MR) is 71.2 cm³/mol. The first-order valence-electron chi connectivity index (χ1n) is 6.72. The molecule has 1 aliphatic rings. The van der Waals surface area contributed by atoms with Gasteiger partial charge in [-0.2, -0.15) is 0 Å². The van der Waals surface area contributed by atoms with E-state index < -0.39 is 0 Å². The molecule has 0 aromatic carbocycles. The summed E-state index contributed by atoms with van der Waals surface area (Å²) < 4.78 is 10.5. The average molecular weight is 260 g/mol. The third kappa shape index (κ3) is 4.17. The molecular weight excluding hydrogens is 232 g/mol. The zero-order valence-electron chi connectivity index (χ0n) is 11.8. The minimum atomic E-state index is -0.250. The summed E-state index contributed by atoms with van der Waals surface area (Å²) in [6, 6.07) is 0.345. The second kappa shape index (κ2) is 7.40. The number of aliphatic hydroxyl groups excluding tert-OH is 1. The number of hydrogen-bond acceptors (Lipinski definition) is 5. The molecule has 0 aromatic heterocycles. The van der Waals surface area contributed by atoms with Crippen molar-refractivity contribution in [2.45, 2.75) is 50.5 Å². The third-order valence-electron chi connectivity index (χ3n) is 4.02. The van der Waals surface area contributed by atoms with E-state index in [1.165, 1.54) is 6.42 Å². The monoisotopic (exact) mass is 260 g/mol. The van der Waals surface area contributed by atoms with Gasteiger partial charge in [-0.15, -0.1) is 0 Å². The van der Waals surface area contributed by atoms with Crippen molar-refractivity contribution in [3.63, 3.8) is 0 Å². The highest BCUT2D eigenvalue weighted by Gasteiger charge is 2.34. The van der Waals surface area contributed by atoms with Gasteiger partial charge in [0.05, 0.1) is 0 Å². The number of methoxy groups -OCH3 is 2. The van der Waals surface area contributed by atoms with Crippen LogP contribution in [0.15, 0.2) is 0 Å². The lowest BCUT2D eigenvalue weighted by Gasteiger charge is -2.36. The van der Waals surface area contributed by atoms with Crippen molar-refractivity contribution in [2.75, 3.05) is 27.4 Å². The van der Waals surface area contributed by atoms with E-state index in [-0.39, 0.29) is 18.4 Å². The molecular formula is C13H28N2O3. The van der Waals surface area contributed by atoms with E-state index in [4.69, 9.17) is 15.2 Å². The Bertz CT molecular complexity index is 236. The van der Waals surface area contributed by atoms with Crippen molar-refractivity contribution in [1.82, 2.24) is 5.32 Å². The Morgan fingerprint density at radius 2 is 2.06 bits per heavy atom. The van der Waals surface area contributed by atoms with E-state index >= 15 is 0 Å². The van der Waals surface area contributed by atoms with Gasteiger partial charge in [-0.1, -0.05) is 6.42 Å². The summed E-state index contributed by atoms with van der Waals surface area (Å²) in [4.78, 5) is 0. The Labute approximate surface area is 110 Å². The Kier molecular flexibility index (Phi) is 6.52. The summed E-state index contributed by atoms with van der Waals surface area (Å²) in [5.74, 6) is 0.347. The van der Waals surface area contributed by atoms with Gasteiger partial charge in [-0.3, -0.25) is 0 Å². The van der Waals surface area contributed by atoms with E-state index in [1.807, 2.05) is 0 Å². The van der Waals surface area contributed by atoms with E-state index in [9.17, 15) is 5.11 Å². The molecule has 5 heteroatoms. The highest BCUT2D eigenvalue weighted by molar-refractivity contribution is 4.93. The number of aliphatic hydroxyl groups is 1. The first-order valence-corrected chi connectivity index (χ1v) is 6.72. The molecule has 0 amide bonds. The summed E-state index contributed by atoms with van der Waals surface area (Å²) in [5, 5.41) is 13.0. The van der Waals surface area contributed by atoms with Crippen LogP contribution in [0.25, 0.3) is 0 Å². The van der Waals surface area contributed by atoms with Crippen LogP contribution in [-0.4, -0.2) is 50.3 Å². The molecule has 1 saturated carbocycles. The van der Waals surface area contributed by atoms with Crippen molar-refractivity contribution >= 4 is 0 Å². The van der Waals surface area contributed by atoms with Crippen molar-refractivity contribution in [1.29, 1.82) is 0 Å². The zero-order chi connectivity index (χ0) is 13.6. The molecule has 108 valence electrons. The van der Waals surface area contributed by atoms with Crippen LogP contribution in [0.4, 0.5) is 0 Å². The Morgan fingerprint density at radius 3 is 2.56 bits per heavy atom. The topological polar surface area (TPSA) is 76.7 Å². The first-order chi connectivity index (χ1) is 8.58. The molecule has 0 spiro atoms. The first kappa shape index (κ1) is 15.9. The van der Waals surface area contributed by atoms with Gasteiger partial charge < -0.3 is 25.6 Å². The molecule has 5 nitrogen and oxygen atoms in total.